The van der Waals surface area contributed by atoms with Crippen LogP contribution in [0.25, 0.3) is 0 Å². The molecular formula is C8H8N2OS. The van der Waals surface area contributed by atoms with Gasteiger partial charge in [-0.3, -0.25) is 4.79 Å². The van der Waals surface area contributed by atoms with Crippen LogP contribution in [0.15, 0.2) is 23.1 Å². The number of nitrogen functional groups attached to an aromatic ring is 1. The van der Waals surface area contributed by atoms with Crippen LogP contribution in [0.3, 0.4) is 0 Å². The van der Waals surface area contributed by atoms with Crippen LogP contribution in [-0.2, 0) is 4.79 Å². The second kappa shape index (κ2) is 2.71. The molecule has 1 aliphatic rings. The lowest BCUT2D eigenvalue weighted by atomic mass is 10.3. The van der Waals surface area contributed by atoms with Crippen LogP contribution in [-0.4, -0.2) is 11.7 Å². The van der Waals surface area contributed by atoms with Crippen LogP contribution >= 0.6 is 11.8 Å². The largest absolute Gasteiger partial charge is 0.398 e. The molecule has 2 rings (SSSR count). The summed E-state index contributed by atoms with van der Waals surface area (Å²) >= 11 is 1.21. The first-order valence-electron chi connectivity index (χ1n) is 3.60. The van der Waals surface area contributed by atoms with Crippen molar-refractivity contribution >= 4 is 28.3 Å². The summed E-state index contributed by atoms with van der Waals surface area (Å²) in [5, 5.41) is 3.11. The van der Waals surface area contributed by atoms with Gasteiger partial charge in [0.2, 0.25) is 5.12 Å². The molecule has 3 nitrogen and oxygen atoms in total. The number of carbonyl (C=O) groups excluding carboxylic acids is 1. The fourth-order valence-electron chi connectivity index (χ4n) is 1.13. The Bertz CT molecular complexity index is 338. The van der Waals surface area contributed by atoms with Crippen LogP contribution < -0.4 is 11.1 Å². The molecule has 0 fully saturated rings. The van der Waals surface area contributed by atoms with Gasteiger partial charge in [0.25, 0.3) is 0 Å². The third-order valence-corrected chi connectivity index (χ3v) is 2.72. The van der Waals surface area contributed by atoms with Crippen molar-refractivity contribution in [3.63, 3.8) is 0 Å². The molecule has 0 saturated heterocycles. The number of rotatable bonds is 0. The molecule has 62 valence electrons. The molecule has 0 spiro atoms. The lowest BCUT2D eigenvalue weighted by Crippen LogP contribution is -2.16. The molecule has 1 aliphatic heterocycles. The highest BCUT2D eigenvalue weighted by atomic mass is 32.2. The van der Waals surface area contributed by atoms with E-state index in [9.17, 15) is 4.79 Å². The van der Waals surface area contributed by atoms with Crippen molar-refractivity contribution in [3.05, 3.63) is 18.2 Å². The van der Waals surface area contributed by atoms with Gasteiger partial charge in [0.05, 0.1) is 17.1 Å². The maximum atomic E-state index is 11.0. The van der Waals surface area contributed by atoms with Crippen LogP contribution in [0.4, 0.5) is 11.4 Å². The van der Waals surface area contributed by atoms with Gasteiger partial charge in [-0.2, -0.15) is 0 Å². The molecule has 0 saturated carbocycles. The van der Waals surface area contributed by atoms with E-state index < -0.39 is 0 Å². The summed E-state index contributed by atoms with van der Waals surface area (Å²) in [6, 6.07) is 5.59. The Kier molecular flexibility index (Phi) is 1.69. The highest BCUT2D eigenvalue weighted by Gasteiger charge is 2.17. The minimum Gasteiger partial charge on any atom is -0.398 e. The van der Waals surface area contributed by atoms with Gasteiger partial charge in [-0.1, -0.05) is 6.07 Å². The number of fused-ring (bicyclic) bond motifs is 1. The van der Waals surface area contributed by atoms with Crippen molar-refractivity contribution in [2.75, 3.05) is 17.6 Å². The number of anilines is 2. The van der Waals surface area contributed by atoms with E-state index in [1.807, 2.05) is 12.1 Å². The average molecular weight is 180 g/mol. The molecule has 0 aliphatic carbocycles. The van der Waals surface area contributed by atoms with Gasteiger partial charge in [0, 0.05) is 5.69 Å². The van der Waals surface area contributed by atoms with Gasteiger partial charge < -0.3 is 11.1 Å². The Morgan fingerprint density at radius 1 is 1.50 bits per heavy atom. The average Bonchev–Trinajstić information content (AvgIpc) is 2.07. The van der Waals surface area contributed by atoms with Gasteiger partial charge in [-0.25, -0.2) is 0 Å². The second-order valence-electron chi connectivity index (χ2n) is 2.55. The Morgan fingerprint density at radius 3 is 3.17 bits per heavy atom. The smallest absolute Gasteiger partial charge is 0.212 e. The van der Waals surface area contributed by atoms with E-state index in [1.54, 1.807) is 6.07 Å². The van der Waals surface area contributed by atoms with Crippen molar-refractivity contribution in [1.29, 1.82) is 0 Å². The SMILES string of the molecule is Nc1cccc2c1SC(=O)CN2. The number of nitrogens with two attached hydrogens (primary N) is 1. The molecular weight excluding hydrogens is 172 g/mol. The molecule has 3 N–H and O–H groups in total. The zero-order valence-electron chi connectivity index (χ0n) is 6.33. The monoisotopic (exact) mass is 180 g/mol. The van der Waals surface area contributed by atoms with E-state index in [4.69, 9.17) is 5.73 Å². The number of hydrogen-bond acceptors (Lipinski definition) is 4. The minimum absolute atomic E-state index is 0.111. The van der Waals surface area contributed by atoms with Gasteiger partial charge in [-0.15, -0.1) is 0 Å². The first-order valence-corrected chi connectivity index (χ1v) is 4.42. The lowest BCUT2D eigenvalue weighted by Gasteiger charge is -2.17. The molecule has 12 heavy (non-hydrogen) atoms. The lowest BCUT2D eigenvalue weighted by molar-refractivity contribution is -0.109. The van der Waals surface area contributed by atoms with Gasteiger partial charge in [0.15, 0.2) is 0 Å². The standard InChI is InChI=1S/C8H8N2OS/c9-5-2-1-3-6-8(5)12-7(11)4-10-6/h1-3,10H,4,9H2. The Morgan fingerprint density at radius 2 is 2.33 bits per heavy atom. The van der Waals surface area contributed by atoms with Crippen LogP contribution in [0.2, 0.25) is 0 Å². The molecule has 1 heterocycles. The van der Waals surface area contributed by atoms with Crippen LogP contribution in [0, 0.1) is 0 Å². The summed E-state index contributed by atoms with van der Waals surface area (Å²) in [6.45, 7) is 0.390. The Labute approximate surface area is 74.3 Å². The quantitative estimate of drug-likeness (QED) is 0.591. The van der Waals surface area contributed by atoms with Crippen LogP contribution in [0.1, 0.15) is 0 Å². The number of carbonyl (C=O) groups is 1. The van der Waals surface area contributed by atoms with Crippen molar-refractivity contribution in [2.45, 2.75) is 4.90 Å². The normalized spacial score (nSPS) is 15.2. The highest BCUT2D eigenvalue weighted by molar-refractivity contribution is 8.14. The summed E-state index contributed by atoms with van der Waals surface area (Å²) in [5.74, 6) is 0. The summed E-state index contributed by atoms with van der Waals surface area (Å²) in [7, 11) is 0. The molecule has 0 atom stereocenters. The van der Waals surface area contributed by atoms with E-state index in [0.717, 1.165) is 10.6 Å². The topological polar surface area (TPSA) is 55.1 Å². The molecule has 1 aromatic rings. The van der Waals surface area contributed by atoms with Crippen molar-refractivity contribution in [3.8, 4) is 0 Å². The summed E-state index contributed by atoms with van der Waals surface area (Å²) in [6.07, 6.45) is 0. The zero-order valence-corrected chi connectivity index (χ0v) is 7.15. The van der Waals surface area contributed by atoms with Crippen LogP contribution in [0.5, 0.6) is 0 Å². The van der Waals surface area contributed by atoms with E-state index in [1.165, 1.54) is 11.8 Å². The summed E-state index contributed by atoms with van der Waals surface area (Å²) in [5.41, 5.74) is 7.31. The Balaban J connectivity index is 2.50. The minimum atomic E-state index is 0.111. The third kappa shape index (κ3) is 1.14. The molecule has 0 aromatic heterocycles. The Hall–Kier alpha value is -1.16. The number of hydrogen-bond donors (Lipinski definition) is 2. The summed E-state index contributed by atoms with van der Waals surface area (Å²) in [4.78, 5) is 11.9. The number of nitrogens with one attached hydrogen (secondary N) is 1. The molecule has 4 heteroatoms. The van der Waals surface area contributed by atoms with Crippen molar-refractivity contribution in [2.24, 2.45) is 0 Å². The summed E-state index contributed by atoms with van der Waals surface area (Å²) < 4.78 is 0. The highest BCUT2D eigenvalue weighted by Crippen LogP contribution is 2.35. The van der Waals surface area contributed by atoms with E-state index in [0.29, 0.717) is 12.2 Å². The molecule has 0 bridgehead atoms. The van der Waals surface area contributed by atoms with E-state index >= 15 is 0 Å². The van der Waals surface area contributed by atoms with Gasteiger partial charge >= 0.3 is 0 Å². The van der Waals surface area contributed by atoms with Crippen molar-refractivity contribution < 1.29 is 4.79 Å². The molecule has 0 radical (unpaired) electrons. The number of benzene rings is 1. The maximum absolute atomic E-state index is 11.0. The van der Waals surface area contributed by atoms with E-state index in [2.05, 4.69) is 5.32 Å². The third-order valence-electron chi connectivity index (χ3n) is 1.68. The maximum Gasteiger partial charge on any atom is 0.212 e. The van der Waals surface area contributed by atoms with Crippen molar-refractivity contribution in [1.82, 2.24) is 0 Å². The zero-order chi connectivity index (χ0) is 8.55. The first-order chi connectivity index (χ1) is 5.77. The fraction of sp³-hybridized carbons (Fsp3) is 0.125. The molecule has 0 amide bonds. The molecule has 0 unspecified atom stereocenters. The van der Waals surface area contributed by atoms with E-state index in [-0.39, 0.29) is 5.12 Å². The van der Waals surface area contributed by atoms with Gasteiger partial charge in [0.1, 0.15) is 0 Å². The number of thioether (sulfide) groups is 1. The first kappa shape index (κ1) is 7.49. The van der Waals surface area contributed by atoms with Gasteiger partial charge in [-0.05, 0) is 23.9 Å². The predicted octanol–water partition coefficient (Wildman–Crippen LogP) is 1.31. The molecule has 1 aromatic carbocycles. The predicted molar refractivity (Wildman–Crippen MR) is 50.2 cm³/mol. The fourth-order valence-corrected chi connectivity index (χ4v) is 1.93. The second-order valence-corrected chi connectivity index (χ2v) is 3.62.